The molecule has 1 aromatic heterocycles. The number of aromatic carboxylic acids is 1. The van der Waals surface area contributed by atoms with E-state index in [9.17, 15) is 23.5 Å². The lowest BCUT2D eigenvalue weighted by Crippen LogP contribution is -2.49. The number of carboxylic acid groups (broad SMARTS) is 1. The van der Waals surface area contributed by atoms with Crippen molar-refractivity contribution in [3.05, 3.63) is 33.9 Å². The zero-order valence-electron chi connectivity index (χ0n) is 16.5. The first-order valence-electron chi connectivity index (χ1n) is 9.55. The van der Waals surface area contributed by atoms with Crippen LogP contribution in [0.1, 0.15) is 29.7 Å². The standard InChI is InChI=1S/C20H22F3N3O4/c1-9-5-25(8-20(9,24)7-21)16-13(23)3-10-15(18(16)30-2)26(14-4-12(14)22)6-11(17(10)27)19(28)29/h3,6,9,12,14H,4-5,7-8,24H2,1-2H3,(H,28,29)/t9?,12-,14+,20+/m0/s1. The molecule has 0 spiro atoms. The van der Waals surface area contributed by atoms with Crippen molar-refractivity contribution >= 4 is 22.6 Å². The summed E-state index contributed by atoms with van der Waals surface area (Å²) in [5.74, 6) is -2.63. The van der Waals surface area contributed by atoms with Crippen molar-refractivity contribution in [2.24, 2.45) is 11.7 Å². The zero-order chi connectivity index (χ0) is 22.0. The van der Waals surface area contributed by atoms with Crippen LogP contribution < -0.4 is 20.8 Å². The molecule has 0 amide bonds. The van der Waals surface area contributed by atoms with Gasteiger partial charge in [0.05, 0.1) is 29.6 Å². The highest BCUT2D eigenvalue weighted by molar-refractivity contribution is 5.97. The number of ether oxygens (including phenoxy) is 1. The van der Waals surface area contributed by atoms with Gasteiger partial charge < -0.3 is 25.0 Å². The number of hydrogen-bond acceptors (Lipinski definition) is 5. The topological polar surface area (TPSA) is 97.8 Å². The molecule has 7 nitrogen and oxygen atoms in total. The molecule has 4 atom stereocenters. The summed E-state index contributed by atoms with van der Waals surface area (Å²) in [5.41, 5.74) is 3.58. The Morgan fingerprint density at radius 3 is 2.63 bits per heavy atom. The number of hydrogen-bond donors (Lipinski definition) is 2. The summed E-state index contributed by atoms with van der Waals surface area (Å²) in [5, 5.41) is 9.15. The van der Waals surface area contributed by atoms with Gasteiger partial charge in [0.15, 0.2) is 11.6 Å². The minimum atomic E-state index is -1.49. The van der Waals surface area contributed by atoms with E-state index in [2.05, 4.69) is 0 Å². The molecule has 1 aliphatic carbocycles. The number of halogens is 3. The van der Waals surface area contributed by atoms with E-state index in [1.54, 1.807) is 11.8 Å². The molecular formula is C20H22F3N3O4. The molecular weight excluding hydrogens is 403 g/mol. The predicted octanol–water partition coefficient (Wildman–Crippen LogP) is 2.25. The van der Waals surface area contributed by atoms with E-state index < -0.39 is 47.2 Å². The van der Waals surface area contributed by atoms with Gasteiger partial charge in [-0.05, 0) is 12.0 Å². The third kappa shape index (κ3) is 2.92. The fourth-order valence-electron chi connectivity index (χ4n) is 4.22. The number of alkyl halides is 2. The van der Waals surface area contributed by atoms with Crippen molar-refractivity contribution in [3.8, 4) is 5.75 Å². The largest absolute Gasteiger partial charge is 0.492 e. The van der Waals surface area contributed by atoms with Crippen LogP contribution in [0.2, 0.25) is 0 Å². The molecule has 2 aromatic rings. The van der Waals surface area contributed by atoms with E-state index in [1.807, 2.05) is 0 Å². The summed E-state index contributed by atoms with van der Waals surface area (Å²) in [6, 6.07) is 0.250. The zero-order valence-corrected chi connectivity index (χ0v) is 16.5. The number of rotatable bonds is 5. The third-order valence-corrected chi connectivity index (χ3v) is 6.20. The lowest BCUT2D eigenvalue weighted by molar-refractivity contribution is 0.0694. The molecule has 162 valence electrons. The first-order valence-corrected chi connectivity index (χ1v) is 9.55. The van der Waals surface area contributed by atoms with Crippen LogP contribution in [0.4, 0.5) is 18.9 Å². The number of methoxy groups -OCH3 is 1. The van der Waals surface area contributed by atoms with Gasteiger partial charge in [-0.15, -0.1) is 0 Å². The van der Waals surface area contributed by atoms with Crippen molar-refractivity contribution in [2.45, 2.75) is 31.1 Å². The fourth-order valence-corrected chi connectivity index (χ4v) is 4.22. The van der Waals surface area contributed by atoms with Gasteiger partial charge in [0.2, 0.25) is 5.43 Å². The minimum Gasteiger partial charge on any atom is -0.492 e. The van der Waals surface area contributed by atoms with E-state index in [4.69, 9.17) is 10.5 Å². The summed E-state index contributed by atoms with van der Waals surface area (Å²) in [6.45, 7) is 1.25. The summed E-state index contributed by atoms with van der Waals surface area (Å²) >= 11 is 0. The lowest BCUT2D eigenvalue weighted by Gasteiger charge is -2.26. The van der Waals surface area contributed by atoms with E-state index in [1.165, 1.54) is 11.7 Å². The van der Waals surface area contributed by atoms with Crippen LogP contribution in [0, 0.1) is 11.7 Å². The van der Waals surface area contributed by atoms with Gasteiger partial charge in [-0.1, -0.05) is 6.92 Å². The van der Waals surface area contributed by atoms with E-state index >= 15 is 4.39 Å². The third-order valence-electron chi connectivity index (χ3n) is 6.20. The quantitative estimate of drug-likeness (QED) is 0.763. The minimum absolute atomic E-state index is 0.00934. The van der Waals surface area contributed by atoms with Gasteiger partial charge in [0.25, 0.3) is 0 Å². The Kier molecular flexibility index (Phi) is 4.72. The normalized spacial score (nSPS) is 28.2. The van der Waals surface area contributed by atoms with Gasteiger partial charge in [-0.25, -0.2) is 18.0 Å². The Hall–Kier alpha value is -2.75. The summed E-state index contributed by atoms with van der Waals surface area (Å²) in [7, 11) is 1.28. The van der Waals surface area contributed by atoms with Crippen molar-refractivity contribution < 1.29 is 27.8 Å². The molecule has 3 N–H and O–H groups in total. The number of benzene rings is 1. The first kappa shape index (κ1) is 20.5. The van der Waals surface area contributed by atoms with Gasteiger partial charge in [0.1, 0.15) is 24.1 Å². The van der Waals surface area contributed by atoms with Gasteiger partial charge in [-0.2, -0.15) is 0 Å². The molecule has 1 saturated heterocycles. The smallest absolute Gasteiger partial charge is 0.341 e. The Morgan fingerprint density at radius 1 is 1.47 bits per heavy atom. The molecule has 1 saturated carbocycles. The first-order chi connectivity index (χ1) is 14.1. The van der Waals surface area contributed by atoms with E-state index in [-0.39, 0.29) is 47.8 Å². The molecule has 1 unspecified atom stereocenters. The van der Waals surface area contributed by atoms with Crippen molar-refractivity contribution in [2.75, 3.05) is 31.8 Å². The van der Waals surface area contributed by atoms with Gasteiger partial charge >= 0.3 is 5.97 Å². The number of carbonyl (C=O) groups is 1. The maximum absolute atomic E-state index is 15.2. The highest BCUT2D eigenvalue weighted by atomic mass is 19.1. The second kappa shape index (κ2) is 6.90. The number of nitrogens with zero attached hydrogens (tertiary/aromatic N) is 2. The molecule has 0 bridgehead atoms. The van der Waals surface area contributed by atoms with Crippen LogP contribution in [0.25, 0.3) is 10.9 Å². The monoisotopic (exact) mass is 425 g/mol. The average molecular weight is 425 g/mol. The maximum atomic E-state index is 15.2. The average Bonchev–Trinajstić information content (AvgIpc) is 3.34. The van der Waals surface area contributed by atoms with E-state index in [0.717, 1.165) is 12.3 Å². The number of fused-ring (bicyclic) bond motifs is 1. The van der Waals surface area contributed by atoms with Crippen molar-refractivity contribution in [1.29, 1.82) is 0 Å². The highest BCUT2D eigenvalue weighted by Crippen LogP contribution is 2.46. The van der Waals surface area contributed by atoms with Crippen LogP contribution >= 0.6 is 0 Å². The number of pyridine rings is 1. The Bertz CT molecular complexity index is 1110. The van der Waals surface area contributed by atoms with E-state index in [0.29, 0.717) is 0 Å². The Morgan fingerprint density at radius 2 is 2.13 bits per heavy atom. The number of nitrogens with two attached hydrogens (primary N) is 1. The Balaban J connectivity index is 2.01. The van der Waals surface area contributed by atoms with Crippen molar-refractivity contribution in [3.63, 3.8) is 0 Å². The van der Waals surface area contributed by atoms with Gasteiger partial charge in [-0.3, -0.25) is 4.79 Å². The fraction of sp³-hybridized carbons (Fsp3) is 0.500. The van der Waals surface area contributed by atoms with Crippen LogP contribution in [0.5, 0.6) is 5.75 Å². The highest BCUT2D eigenvalue weighted by Gasteiger charge is 2.44. The molecule has 0 radical (unpaired) electrons. The molecule has 2 fully saturated rings. The maximum Gasteiger partial charge on any atom is 0.341 e. The molecule has 2 heterocycles. The Labute approximate surface area is 169 Å². The summed E-state index contributed by atoms with van der Waals surface area (Å²) in [6.07, 6.45) is -0.00449. The second-order valence-electron chi connectivity index (χ2n) is 8.19. The second-order valence-corrected chi connectivity index (χ2v) is 8.19. The van der Waals surface area contributed by atoms with Crippen LogP contribution in [0.3, 0.4) is 0 Å². The molecule has 2 aliphatic rings. The molecule has 1 aromatic carbocycles. The van der Waals surface area contributed by atoms with Gasteiger partial charge in [0, 0.05) is 25.7 Å². The van der Waals surface area contributed by atoms with Crippen LogP contribution in [-0.4, -0.2) is 54.2 Å². The van der Waals surface area contributed by atoms with Crippen LogP contribution in [0.15, 0.2) is 17.1 Å². The molecule has 10 heteroatoms. The summed E-state index contributed by atoms with van der Waals surface area (Å²) < 4.78 is 49.4. The number of aromatic nitrogens is 1. The molecule has 4 rings (SSSR count). The lowest BCUT2D eigenvalue weighted by atomic mass is 9.91. The number of anilines is 1. The van der Waals surface area contributed by atoms with Crippen molar-refractivity contribution in [1.82, 2.24) is 4.57 Å². The van der Waals surface area contributed by atoms with Crippen LogP contribution in [-0.2, 0) is 0 Å². The summed E-state index contributed by atoms with van der Waals surface area (Å²) in [4.78, 5) is 25.8. The molecule has 1 aliphatic heterocycles. The molecule has 30 heavy (non-hydrogen) atoms. The predicted molar refractivity (Wildman–Crippen MR) is 104 cm³/mol. The number of carboxylic acids is 1. The SMILES string of the molecule is COc1c(N2CC(C)[C@@](N)(CF)C2)c(F)cc2c(=O)c(C(=O)O)cn([C@@H]3C[C@@H]3F)c12.